The van der Waals surface area contributed by atoms with Crippen LogP contribution in [0.15, 0.2) is 33.9 Å². The highest BCUT2D eigenvalue weighted by atomic mass is 35.5. The molecule has 1 aromatic carbocycles. The maximum absolute atomic E-state index is 6.25. The Bertz CT molecular complexity index is 845. The zero-order valence-electron chi connectivity index (χ0n) is 13.9. The summed E-state index contributed by atoms with van der Waals surface area (Å²) in [6, 6.07) is 7.59. The Hall–Kier alpha value is -1.86. The number of nitrogens with zero attached hydrogens (tertiary/aromatic N) is 5. The van der Waals surface area contributed by atoms with Crippen molar-refractivity contribution in [2.24, 2.45) is 7.05 Å². The summed E-state index contributed by atoms with van der Waals surface area (Å²) in [5, 5.41) is 13.9. The molecule has 6 nitrogen and oxygen atoms in total. The summed E-state index contributed by atoms with van der Waals surface area (Å²) in [5.41, 5.74) is 0.855. The molecule has 0 saturated carbocycles. The van der Waals surface area contributed by atoms with Crippen molar-refractivity contribution >= 4 is 23.4 Å². The molecule has 0 radical (unpaired) electrons. The minimum atomic E-state index is -0.0213. The minimum Gasteiger partial charge on any atom is -0.338 e. The van der Waals surface area contributed by atoms with Gasteiger partial charge in [-0.3, -0.25) is 0 Å². The fraction of sp³-hybridized carbons (Fsp3) is 0.375. The van der Waals surface area contributed by atoms with Crippen LogP contribution in [0, 0.1) is 0 Å². The van der Waals surface area contributed by atoms with Crippen molar-refractivity contribution in [2.75, 3.05) is 0 Å². The van der Waals surface area contributed by atoms with Crippen LogP contribution in [0.5, 0.6) is 0 Å². The second-order valence-electron chi connectivity index (χ2n) is 5.75. The molecule has 0 aliphatic carbocycles. The highest BCUT2D eigenvalue weighted by Gasteiger charge is 2.21. The Morgan fingerprint density at radius 2 is 1.92 bits per heavy atom. The minimum absolute atomic E-state index is 0.0213. The molecule has 126 valence electrons. The highest BCUT2D eigenvalue weighted by molar-refractivity contribution is 7.99. The molecule has 3 aromatic rings. The van der Waals surface area contributed by atoms with E-state index in [1.807, 2.05) is 56.7 Å². The molecule has 0 amide bonds. The lowest BCUT2D eigenvalue weighted by Crippen LogP contribution is -1.98. The molecule has 0 aliphatic rings. The maximum atomic E-state index is 6.25. The van der Waals surface area contributed by atoms with E-state index in [0.29, 0.717) is 16.7 Å². The van der Waals surface area contributed by atoms with Crippen molar-refractivity contribution in [1.82, 2.24) is 24.9 Å². The third-order valence-electron chi connectivity index (χ3n) is 3.55. The summed E-state index contributed by atoms with van der Waals surface area (Å²) in [6.45, 7) is 6.07. The lowest BCUT2D eigenvalue weighted by Gasteiger charge is -2.07. The Kier molecular flexibility index (Phi) is 4.91. The van der Waals surface area contributed by atoms with Gasteiger partial charge in [-0.15, -0.1) is 10.2 Å². The molecule has 2 aromatic heterocycles. The third-order valence-corrected chi connectivity index (χ3v) is 5.00. The van der Waals surface area contributed by atoms with Crippen LogP contribution in [0.25, 0.3) is 11.4 Å². The lowest BCUT2D eigenvalue weighted by molar-refractivity contribution is 0.373. The molecule has 24 heavy (non-hydrogen) atoms. The molecule has 3 rings (SSSR count). The zero-order chi connectivity index (χ0) is 17.3. The van der Waals surface area contributed by atoms with E-state index in [4.69, 9.17) is 16.1 Å². The molecule has 1 unspecified atom stereocenters. The van der Waals surface area contributed by atoms with Crippen LogP contribution < -0.4 is 0 Å². The number of hydrogen-bond acceptors (Lipinski definition) is 6. The smallest absolute Gasteiger partial charge is 0.239 e. The number of halogens is 1. The molecule has 0 bridgehead atoms. The Morgan fingerprint density at radius 1 is 1.17 bits per heavy atom. The van der Waals surface area contributed by atoms with E-state index in [1.165, 1.54) is 11.8 Å². The molecule has 0 spiro atoms. The SMILES string of the molecule is CC(C)c1noc(C(C)Sc2nnc(-c3ccccc3Cl)n2C)n1. The second kappa shape index (κ2) is 6.94. The van der Waals surface area contributed by atoms with Crippen molar-refractivity contribution in [1.29, 1.82) is 0 Å². The van der Waals surface area contributed by atoms with Crippen LogP contribution in [0.4, 0.5) is 0 Å². The largest absolute Gasteiger partial charge is 0.338 e. The van der Waals surface area contributed by atoms with Crippen LogP contribution in [-0.2, 0) is 7.05 Å². The zero-order valence-corrected chi connectivity index (χ0v) is 15.5. The van der Waals surface area contributed by atoms with Gasteiger partial charge in [-0.2, -0.15) is 4.98 Å². The standard InChI is InChI=1S/C16H18ClN5OS/c1-9(2)13-18-15(23-21-13)10(3)24-16-20-19-14(22(16)4)11-7-5-6-8-12(11)17/h5-10H,1-4H3. The van der Waals surface area contributed by atoms with Gasteiger partial charge in [-0.25, -0.2) is 0 Å². The average molecular weight is 364 g/mol. The summed E-state index contributed by atoms with van der Waals surface area (Å²) in [7, 11) is 1.92. The highest BCUT2D eigenvalue weighted by Crippen LogP contribution is 2.35. The van der Waals surface area contributed by atoms with Gasteiger partial charge in [0, 0.05) is 18.5 Å². The monoisotopic (exact) mass is 363 g/mol. The van der Waals surface area contributed by atoms with Crippen LogP contribution in [-0.4, -0.2) is 24.9 Å². The first kappa shape index (κ1) is 17.0. The first-order chi connectivity index (χ1) is 11.5. The Morgan fingerprint density at radius 3 is 2.58 bits per heavy atom. The quantitative estimate of drug-likeness (QED) is 0.622. The fourth-order valence-corrected chi connectivity index (χ4v) is 3.22. The normalized spacial score (nSPS) is 12.8. The van der Waals surface area contributed by atoms with Gasteiger partial charge in [-0.05, 0) is 19.1 Å². The molecule has 0 fully saturated rings. The number of benzene rings is 1. The predicted octanol–water partition coefficient (Wildman–Crippen LogP) is 4.50. The maximum Gasteiger partial charge on any atom is 0.239 e. The lowest BCUT2D eigenvalue weighted by atomic mass is 10.2. The Labute approximate surface area is 149 Å². The Balaban J connectivity index is 1.82. The molecule has 1 atom stereocenters. The summed E-state index contributed by atoms with van der Waals surface area (Å²) in [4.78, 5) is 4.44. The van der Waals surface area contributed by atoms with Crippen LogP contribution in [0.1, 0.15) is 43.7 Å². The second-order valence-corrected chi connectivity index (χ2v) is 7.47. The van der Waals surface area contributed by atoms with Gasteiger partial charge < -0.3 is 9.09 Å². The molecular formula is C16H18ClN5OS. The van der Waals surface area contributed by atoms with E-state index in [1.54, 1.807) is 0 Å². The van der Waals surface area contributed by atoms with Gasteiger partial charge >= 0.3 is 0 Å². The van der Waals surface area contributed by atoms with Crippen molar-refractivity contribution in [3.8, 4) is 11.4 Å². The predicted molar refractivity (Wildman–Crippen MR) is 94.1 cm³/mol. The number of rotatable bonds is 5. The van der Waals surface area contributed by atoms with E-state index in [-0.39, 0.29) is 11.2 Å². The van der Waals surface area contributed by atoms with Gasteiger partial charge in [0.2, 0.25) is 5.89 Å². The van der Waals surface area contributed by atoms with E-state index in [0.717, 1.165) is 16.5 Å². The van der Waals surface area contributed by atoms with E-state index in [2.05, 4.69) is 20.3 Å². The van der Waals surface area contributed by atoms with Crippen LogP contribution >= 0.6 is 23.4 Å². The molecule has 2 heterocycles. The number of hydrogen-bond donors (Lipinski definition) is 0. The fourth-order valence-electron chi connectivity index (χ4n) is 2.15. The van der Waals surface area contributed by atoms with Crippen LogP contribution in [0.3, 0.4) is 0 Å². The topological polar surface area (TPSA) is 69.6 Å². The van der Waals surface area contributed by atoms with Crippen LogP contribution in [0.2, 0.25) is 5.02 Å². The summed E-state index contributed by atoms with van der Waals surface area (Å²) in [5.74, 6) is 2.27. The molecule has 0 aliphatic heterocycles. The average Bonchev–Trinajstić information content (AvgIpc) is 3.17. The first-order valence-corrected chi connectivity index (χ1v) is 8.87. The van der Waals surface area contributed by atoms with Gasteiger partial charge in [0.1, 0.15) is 0 Å². The van der Waals surface area contributed by atoms with Gasteiger partial charge in [0.15, 0.2) is 16.8 Å². The molecule has 0 N–H and O–H groups in total. The molecular weight excluding hydrogens is 346 g/mol. The van der Waals surface area contributed by atoms with Crippen molar-refractivity contribution in [2.45, 2.75) is 37.1 Å². The van der Waals surface area contributed by atoms with Crippen molar-refractivity contribution in [3.05, 3.63) is 41.0 Å². The summed E-state index contributed by atoms with van der Waals surface area (Å²) < 4.78 is 7.27. The number of thioether (sulfide) groups is 1. The third kappa shape index (κ3) is 3.32. The van der Waals surface area contributed by atoms with Crippen molar-refractivity contribution in [3.63, 3.8) is 0 Å². The van der Waals surface area contributed by atoms with Gasteiger partial charge in [0.25, 0.3) is 0 Å². The number of aromatic nitrogens is 5. The van der Waals surface area contributed by atoms with E-state index >= 15 is 0 Å². The first-order valence-electron chi connectivity index (χ1n) is 7.61. The summed E-state index contributed by atoms with van der Waals surface area (Å²) in [6.07, 6.45) is 0. The molecule has 8 heteroatoms. The van der Waals surface area contributed by atoms with E-state index in [9.17, 15) is 0 Å². The van der Waals surface area contributed by atoms with Crippen molar-refractivity contribution < 1.29 is 4.52 Å². The molecule has 0 saturated heterocycles. The van der Waals surface area contributed by atoms with Gasteiger partial charge in [0.05, 0.1) is 10.3 Å². The summed E-state index contributed by atoms with van der Waals surface area (Å²) >= 11 is 7.77. The van der Waals surface area contributed by atoms with E-state index < -0.39 is 0 Å². The van der Waals surface area contributed by atoms with Gasteiger partial charge in [-0.1, -0.05) is 54.5 Å².